The lowest BCUT2D eigenvalue weighted by molar-refractivity contribution is -0.137. The molecule has 0 saturated heterocycles. The van der Waals surface area contributed by atoms with Crippen molar-refractivity contribution < 1.29 is 23.1 Å². The number of carbonyl (C=O) groups is 2. The smallest absolute Gasteiger partial charge is 0.278 e. The Bertz CT molecular complexity index is 1120. The quantitative estimate of drug-likeness (QED) is 0.540. The number of hydrogen-bond donors (Lipinski definition) is 1. The summed E-state index contributed by atoms with van der Waals surface area (Å²) in [5.74, 6) is -0.255. The van der Waals surface area contributed by atoms with E-state index in [1.165, 1.54) is 30.5 Å². The molecular weight excluding hydrogens is 399 g/mol. The maximum absolute atomic E-state index is 13.4. The Hall–Kier alpha value is -3.87. The minimum atomic E-state index is -0.486. The van der Waals surface area contributed by atoms with Crippen LogP contribution in [0.15, 0.2) is 77.0 Å². The maximum Gasteiger partial charge on any atom is 0.278 e. The molecule has 2 aromatic carbocycles. The molecule has 31 heavy (non-hydrogen) atoms. The summed E-state index contributed by atoms with van der Waals surface area (Å²) < 4.78 is 24.4. The summed E-state index contributed by atoms with van der Waals surface area (Å²) in [4.78, 5) is 27.5. The number of ether oxygens (including phenoxy) is 1. The third-order valence-electron chi connectivity index (χ3n) is 4.77. The van der Waals surface area contributed by atoms with E-state index in [2.05, 4.69) is 5.32 Å². The lowest BCUT2D eigenvalue weighted by Crippen LogP contribution is -2.31. The van der Waals surface area contributed by atoms with Gasteiger partial charge in [0.25, 0.3) is 11.8 Å². The lowest BCUT2D eigenvalue weighted by Gasteiger charge is -2.14. The third kappa shape index (κ3) is 4.35. The van der Waals surface area contributed by atoms with Crippen LogP contribution in [0.1, 0.15) is 24.7 Å². The first-order chi connectivity index (χ1) is 15.1. The van der Waals surface area contributed by atoms with E-state index in [-0.39, 0.29) is 17.8 Å². The van der Waals surface area contributed by atoms with Crippen LogP contribution in [0.25, 0.3) is 5.57 Å². The minimum Gasteiger partial charge on any atom is -0.494 e. The molecule has 4 rings (SSSR count). The fraction of sp³-hybridized carbons (Fsp3) is 0.167. The van der Waals surface area contributed by atoms with Gasteiger partial charge in [0.2, 0.25) is 0 Å². The highest BCUT2D eigenvalue weighted by atomic mass is 19.1. The van der Waals surface area contributed by atoms with Crippen LogP contribution in [0.4, 0.5) is 10.1 Å². The second-order valence-corrected chi connectivity index (χ2v) is 7.03. The largest absolute Gasteiger partial charge is 0.494 e. The lowest BCUT2D eigenvalue weighted by atomic mass is 10.0. The first-order valence-electron chi connectivity index (χ1n) is 9.95. The van der Waals surface area contributed by atoms with E-state index in [0.717, 1.165) is 11.3 Å². The standard InChI is InChI=1S/C24H21FN2O4/c1-2-12-30-19-6-3-5-18(14-19)26-22-21(16-8-10-17(25)11-9-16)23(28)27(24(22)29)15-20-7-4-13-31-20/h3-11,13-14,26H,2,12,15H2,1H3. The zero-order valence-corrected chi connectivity index (χ0v) is 16.9. The van der Waals surface area contributed by atoms with Gasteiger partial charge in [-0.2, -0.15) is 0 Å². The Balaban J connectivity index is 1.70. The molecule has 0 radical (unpaired) electrons. The first-order valence-corrected chi connectivity index (χ1v) is 9.95. The molecule has 2 heterocycles. The maximum atomic E-state index is 13.4. The molecular formula is C24H21FN2O4. The molecule has 0 bridgehead atoms. The number of amides is 2. The van der Waals surface area contributed by atoms with Crippen LogP contribution in [0.5, 0.6) is 5.75 Å². The zero-order chi connectivity index (χ0) is 21.8. The van der Waals surface area contributed by atoms with Gasteiger partial charge in [-0.05, 0) is 48.4 Å². The summed E-state index contributed by atoms with van der Waals surface area (Å²) in [6.45, 7) is 2.58. The van der Waals surface area contributed by atoms with Gasteiger partial charge in [-0.1, -0.05) is 25.1 Å². The Labute approximate surface area is 178 Å². The molecule has 6 nitrogen and oxygen atoms in total. The van der Waals surface area contributed by atoms with Gasteiger partial charge < -0.3 is 14.5 Å². The van der Waals surface area contributed by atoms with Crippen LogP contribution in [-0.2, 0) is 16.1 Å². The van der Waals surface area contributed by atoms with Gasteiger partial charge in [-0.15, -0.1) is 0 Å². The van der Waals surface area contributed by atoms with Crippen molar-refractivity contribution in [3.63, 3.8) is 0 Å². The summed E-state index contributed by atoms with van der Waals surface area (Å²) in [6.07, 6.45) is 2.35. The molecule has 158 valence electrons. The summed E-state index contributed by atoms with van der Waals surface area (Å²) >= 11 is 0. The summed E-state index contributed by atoms with van der Waals surface area (Å²) in [6, 6.07) is 16.0. The molecule has 0 unspecified atom stereocenters. The number of carbonyl (C=O) groups excluding carboxylic acids is 2. The third-order valence-corrected chi connectivity index (χ3v) is 4.77. The van der Waals surface area contributed by atoms with E-state index in [4.69, 9.17) is 9.15 Å². The second-order valence-electron chi connectivity index (χ2n) is 7.03. The number of anilines is 1. The number of halogens is 1. The minimum absolute atomic E-state index is 0.000191. The van der Waals surface area contributed by atoms with Crippen molar-refractivity contribution >= 4 is 23.1 Å². The summed E-state index contributed by atoms with van der Waals surface area (Å²) in [5.41, 5.74) is 1.35. The molecule has 1 aliphatic rings. The molecule has 0 aliphatic carbocycles. The van der Waals surface area contributed by atoms with Crippen molar-refractivity contribution in [1.82, 2.24) is 4.90 Å². The predicted octanol–water partition coefficient (Wildman–Crippen LogP) is 4.60. The highest BCUT2D eigenvalue weighted by molar-refractivity contribution is 6.36. The van der Waals surface area contributed by atoms with Crippen LogP contribution < -0.4 is 10.1 Å². The van der Waals surface area contributed by atoms with E-state index in [1.54, 1.807) is 30.3 Å². The second kappa shape index (κ2) is 8.87. The van der Waals surface area contributed by atoms with Gasteiger partial charge in [0.15, 0.2) is 0 Å². The monoisotopic (exact) mass is 420 g/mol. The number of nitrogens with zero attached hydrogens (tertiary/aromatic N) is 1. The number of hydrogen-bond acceptors (Lipinski definition) is 5. The SMILES string of the molecule is CCCOc1cccc(NC2=C(c3ccc(F)cc3)C(=O)N(Cc3ccco3)C2=O)c1. The highest BCUT2D eigenvalue weighted by Gasteiger charge is 2.39. The number of rotatable bonds is 8. The molecule has 0 spiro atoms. The molecule has 1 aliphatic heterocycles. The number of benzene rings is 2. The molecule has 3 aromatic rings. The van der Waals surface area contributed by atoms with Gasteiger partial charge in [0, 0.05) is 11.8 Å². The van der Waals surface area contributed by atoms with Crippen molar-refractivity contribution in [2.75, 3.05) is 11.9 Å². The zero-order valence-electron chi connectivity index (χ0n) is 16.9. The van der Waals surface area contributed by atoms with Crippen LogP contribution in [0, 0.1) is 5.82 Å². The van der Waals surface area contributed by atoms with Gasteiger partial charge >= 0.3 is 0 Å². The normalized spacial score (nSPS) is 13.8. The van der Waals surface area contributed by atoms with Crippen molar-refractivity contribution in [3.8, 4) is 5.75 Å². The van der Waals surface area contributed by atoms with Crippen molar-refractivity contribution in [1.29, 1.82) is 0 Å². The molecule has 1 aromatic heterocycles. The van der Waals surface area contributed by atoms with Crippen molar-refractivity contribution in [3.05, 3.63) is 89.8 Å². The topological polar surface area (TPSA) is 71.8 Å². The number of imide groups is 1. The average molecular weight is 420 g/mol. The van der Waals surface area contributed by atoms with E-state index in [1.807, 2.05) is 13.0 Å². The molecule has 1 N–H and O–H groups in total. The number of furan rings is 1. The Morgan fingerprint density at radius 2 is 1.84 bits per heavy atom. The average Bonchev–Trinajstić information content (AvgIpc) is 3.37. The highest BCUT2D eigenvalue weighted by Crippen LogP contribution is 2.32. The summed E-state index contributed by atoms with van der Waals surface area (Å²) in [5, 5.41) is 3.07. The van der Waals surface area contributed by atoms with Gasteiger partial charge in [0.05, 0.1) is 25.0 Å². The fourth-order valence-electron chi connectivity index (χ4n) is 3.31. The fourth-order valence-corrected chi connectivity index (χ4v) is 3.31. The van der Waals surface area contributed by atoms with Crippen LogP contribution >= 0.6 is 0 Å². The molecule has 7 heteroatoms. The van der Waals surface area contributed by atoms with E-state index in [9.17, 15) is 14.0 Å². The van der Waals surface area contributed by atoms with E-state index < -0.39 is 17.6 Å². The molecule has 0 saturated carbocycles. The molecule has 2 amide bonds. The van der Waals surface area contributed by atoms with Crippen LogP contribution in [-0.4, -0.2) is 23.3 Å². The van der Waals surface area contributed by atoms with E-state index >= 15 is 0 Å². The van der Waals surface area contributed by atoms with Crippen molar-refractivity contribution in [2.24, 2.45) is 0 Å². The predicted molar refractivity (Wildman–Crippen MR) is 113 cm³/mol. The molecule has 0 fully saturated rings. The summed E-state index contributed by atoms with van der Waals surface area (Å²) in [7, 11) is 0. The van der Waals surface area contributed by atoms with Crippen LogP contribution in [0.2, 0.25) is 0 Å². The number of nitrogens with one attached hydrogen (secondary N) is 1. The molecule has 0 atom stereocenters. The van der Waals surface area contributed by atoms with Gasteiger partial charge in [-0.25, -0.2) is 4.39 Å². The van der Waals surface area contributed by atoms with Crippen molar-refractivity contribution in [2.45, 2.75) is 19.9 Å². The van der Waals surface area contributed by atoms with Gasteiger partial charge in [-0.3, -0.25) is 14.5 Å². The van der Waals surface area contributed by atoms with E-state index in [0.29, 0.717) is 29.4 Å². The van der Waals surface area contributed by atoms with Gasteiger partial charge in [0.1, 0.15) is 23.0 Å². The Morgan fingerprint density at radius 1 is 1.03 bits per heavy atom. The Kier molecular flexibility index (Phi) is 5.84. The Morgan fingerprint density at radius 3 is 2.55 bits per heavy atom. The van der Waals surface area contributed by atoms with Crippen LogP contribution in [0.3, 0.4) is 0 Å². The first kappa shape index (κ1) is 20.4.